The van der Waals surface area contributed by atoms with Crippen molar-refractivity contribution < 1.29 is 23.9 Å². The number of thioether (sulfide) groups is 1. The number of esters is 1. The number of imide groups is 1. The fourth-order valence-electron chi connectivity index (χ4n) is 2.67. The van der Waals surface area contributed by atoms with Gasteiger partial charge in [-0.1, -0.05) is 26.0 Å². The van der Waals surface area contributed by atoms with Crippen LogP contribution in [0.3, 0.4) is 0 Å². The van der Waals surface area contributed by atoms with Gasteiger partial charge in [-0.05, 0) is 36.5 Å². The van der Waals surface area contributed by atoms with Gasteiger partial charge in [0.15, 0.2) is 6.61 Å². The van der Waals surface area contributed by atoms with E-state index in [0.717, 1.165) is 4.90 Å². The number of ether oxygens (including phenoxy) is 1. The van der Waals surface area contributed by atoms with Crippen LogP contribution in [0.4, 0.5) is 0 Å². The van der Waals surface area contributed by atoms with Gasteiger partial charge in [-0.15, -0.1) is 0 Å². The molecule has 0 aliphatic carbocycles. The van der Waals surface area contributed by atoms with Gasteiger partial charge < -0.3 is 10.1 Å². The summed E-state index contributed by atoms with van der Waals surface area (Å²) < 4.78 is 5.10. The number of hydrogen-bond donors (Lipinski definition) is 1. The summed E-state index contributed by atoms with van der Waals surface area (Å²) >= 11 is 1.49. The predicted octanol–water partition coefficient (Wildman–Crippen LogP) is 1.72. The van der Waals surface area contributed by atoms with Gasteiger partial charge in [0.05, 0.1) is 11.1 Å². The molecule has 0 bridgehead atoms. The number of fused-ring (bicyclic) bond motifs is 1. The van der Waals surface area contributed by atoms with Crippen molar-refractivity contribution in [1.82, 2.24) is 10.2 Å². The molecule has 7 nitrogen and oxygen atoms in total. The molecular weight excluding hydrogens is 368 g/mol. The van der Waals surface area contributed by atoms with Gasteiger partial charge in [0.1, 0.15) is 6.04 Å². The number of benzene rings is 1. The minimum Gasteiger partial charge on any atom is -0.454 e. The van der Waals surface area contributed by atoms with E-state index in [0.29, 0.717) is 12.3 Å². The van der Waals surface area contributed by atoms with Crippen molar-refractivity contribution in [3.63, 3.8) is 0 Å². The molecule has 1 aromatic rings. The molecule has 0 fully saturated rings. The third kappa shape index (κ3) is 5.09. The summed E-state index contributed by atoms with van der Waals surface area (Å²) in [5.74, 6) is -1.35. The molecule has 2 rings (SSSR count). The van der Waals surface area contributed by atoms with E-state index in [1.165, 1.54) is 11.8 Å². The molecule has 0 saturated heterocycles. The Balaban J connectivity index is 2.09. The number of carbonyl (C=O) groups is 4. The lowest BCUT2D eigenvalue weighted by atomic mass is 10.1. The van der Waals surface area contributed by atoms with E-state index in [2.05, 4.69) is 5.32 Å². The number of amides is 3. The molecule has 0 unspecified atom stereocenters. The summed E-state index contributed by atoms with van der Waals surface area (Å²) in [6.45, 7) is 3.94. The Kier molecular flexibility index (Phi) is 7.41. The summed E-state index contributed by atoms with van der Waals surface area (Å²) in [6, 6.07) is 5.41. The quantitative estimate of drug-likeness (QED) is 0.508. The van der Waals surface area contributed by atoms with E-state index in [-0.39, 0.29) is 23.5 Å². The van der Waals surface area contributed by atoms with Crippen LogP contribution in [0.25, 0.3) is 0 Å². The van der Waals surface area contributed by atoms with Crippen LogP contribution in [0.1, 0.15) is 41.0 Å². The Labute approximate surface area is 162 Å². The lowest BCUT2D eigenvalue weighted by Gasteiger charge is -2.24. The Hall–Kier alpha value is -2.35. The number of rotatable bonds is 9. The Morgan fingerprint density at radius 1 is 1.15 bits per heavy atom. The summed E-state index contributed by atoms with van der Waals surface area (Å²) in [5, 5.41) is 2.65. The second-order valence-electron chi connectivity index (χ2n) is 6.63. The fourth-order valence-corrected chi connectivity index (χ4v) is 3.13. The molecule has 1 atom stereocenters. The molecule has 27 heavy (non-hydrogen) atoms. The summed E-state index contributed by atoms with van der Waals surface area (Å²) in [7, 11) is 0. The number of hydrogen-bond acceptors (Lipinski definition) is 6. The third-order valence-corrected chi connectivity index (χ3v) is 4.70. The first kappa shape index (κ1) is 21.0. The number of nitrogens with zero attached hydrogens (tertiary/aromatic N) is 1. The van der Waals surface area contributed by atoms with Crippen LogP contribution >= 0.6 is 11.8 Å². The molecule has 1 aromatic carbocycles. The highest BCUT2D eigenvalue weighted by atomic mass is 32.2. The highest BCUT2D eigenvalue weighted by molar-refractivity contribution is 7.98. The molecule has 146 valence electrons. The van der Waals surface area contributed by atoms with E-state index in [1.807, 2.05) is 20.1 Å². The average molecular weight is 392 g/mol. The van der Waals surface area contributed by atoms with E-state index < -0.39 is 36.3 Å². The van der Waals surface area contributed by atoms with Crippen LogP contribution in [0.15, 0.2) is 24.3 Å². The largest absolute Gasteiger partial charge is 0.454 e. The van der Waals surface area contributed by atoms with Crippen molar-refractivity contribution in [2.75, 3.05) is 25.2 Å². The maximum atomic E-state index is 12.6. The molecule has 1 N–H and O–H groups in total. The van der Waals surface area contributed by atoms with Crippen LogP contribution in [-0.4, -0.2) is 59.8 Å². The van der Waals surface area contributed by atoms with Crippen LogP contribution in [-0.2, 0) is 14.3 Å². The molecular formula is C19H24N2O5S. The zero-order valence-electron chi connectivity index (χ0n) is 15.7. The first-order valence-electron chi connectivity index (χ1n) is 8.76. The summed E-state index contributed by atoms with van der Waals surface area (Å²) in [5.41, 5.74) is 0.554. The average Bonchev–Trinajstić information content (AvgIpc) is 2.90. The first-order valence-corrected chi connectivity index (χ1v) is 10.1. The zero-order chi connectivity index (χ0) is 20.0. The molecule has 3 amide bonds. The molecule has 0 aromatic heterocycles. The van der Waals surface area contributed by atoms with Gasteiger partial charge in [0.25, 0.3) is 17.7 Å². The maximum Gasteiger partial charge on any atom is 0.329 e. The van der Waals surface area contributed by atoms with E-state index in [1.54, 1.807) is 24.3 Å². The Bertz CT molecular complexity index is 700. The van der Waals surface area contributed by atoms with Crippen LogP contribution in [0, 0.1) is 5.92 Å². The van der Waals surface area contributed by atoms with Gasteiger partial charge in [-0.2, -0.15) is 11.8 Å². The van der Waals surface area contributed by atoms with Gasteiger partial charge in [-0.3, -0.25) is 19.3 Å². The molecule has 0 spiro atoms. The molecule has 8 heteroatoms. The third-order valence-electron chi connectivity index (χ3n) is 4.06. The fraction of sp³-hybridized carbons (Fsp3) is 0.474. The van der Waals surface area contributed by atoms with E-state index in [4.69, 9.17) is 4.74 Å². The van der Waals surface area contributed by atoms with Gasteiger partial charge >= 0.3 is 5.97 Å². The second kappa shape index (κ2) is 9.55. The van der Waals surface area contributed by atoms with Crippen molar-refractivity contribution in [1.29, 1.82) is 0 Å². The van der Waals surface area contributed by atoms with Crippen LogP contribution < -0.4 is 5.32 Å². The molecule has 1 aliphatic heterocycles. The second-order valence-corrected chi connectivity index (χ2v) is 7.61. The molecule has 1 heterocycles. The first-order chi connectivity index (χ1) is 12.9. The number of carbonyl (C=O) groups excluding carboxylic acids is 4. The van der Waals surface area contributed by atoms with Crippen molar-refractivity contribution in [3.8, 4) is 0 Å². The standard InChI is InChI=1S/C19H24N2O5S/c1-12(2)10-20-16(22)11-26-19(25)15(8-9-27-3)21-17(23)13-6-4-5-7-14(13)18(21)24/h4-7,12,15H,8-11H2,1-3H3,(H,20,22)/t15-/m0/s1. The molecule has 0 radical (unpaired) electrons. The van der Waals surface area contributed by atoms with Crippen molar-refractivity contribution in [2.45, 2.75) is 26.3 Å². The number of nitrogens with one attached hydrogen (secondary N) is 1. The maximum absolute atomic E-state index is 12.6. The van der Waals surface area contributed by atoms with E-state index >= 15 is 0 Å². The highest BCUT2D eigenvalue weighted by Crippen LogP contribution is 2.26. The van der Waals surface area contributed by atoms with Gasteiger partial charge in [0.2, 0.25) is 0 Å². The Morgan fingerprint density at radius 2 is 1.74 bits per heavy atom. The van der Waals surface area contributed by atoms with Crippen LogP contribution in [0.2, 0.25) is 0 Å². The summed E-state index contributed by atoms with van der Waals surface area (Å²) in [4.78, 5) is 50.6. The van der Waals surface area contributed by atoms with Crippen molar-refractivity contribution >= 4 is 35.5 Å². The predicted molar refractivity (Wildman–Crippen MR) is 103 cm³/mol. The van der Waals surface area contributed by atoms with Crippen LogP contribution in [0.5, 0.6) is 0 Å². The lowest BCUT2D eigenvalue weighted by molar-refractivity contribution is -0.152. The zero-order valence-corrected chi connectivity index (χ0v) is 16.5. The minimum absolute atomic E-state index is 0.263. The SMILES string of the molecule is CSCC[C@@H](C(=O)OCC(=O)NCC(C)C)N1C(=O)c2ccccc2C1=O. The van der Waals surface area contributed by atoms with E-state index in [9.17, 15) is 19.2 Å². The normalized spacial score (nSPS) is 14.3. The Morgan fingerprint density at radius 3 is 2.26 bits per heavy atom. The minimum atomic E-state index is -1.05. The van der Waals surface area contributed by atoms with Gasteiger partial charge in [-0.25, -0.2) is 4.79 Å². The lowest BCUT2D eigenvalue weighted by Crippen LogP contribution is -2.46. The van der Waals surface area contributed by atoms with Crippen molar-refractivity contribution in [2.24, 2.45) is 5.92 Å². The highest BCUT2D eigenvalue weighted by Gasteiger charge is 2.43. The summed E-state index contributed by atoms with van der Waals surface area (Å²) in [6.07, 6.45) is 2.13. The van der Waals surface area contributed by atoms with Gasteiger partial charge in [0, 0.05) is 6.54 Å². The topological polar surface area (TPSA) is 92.8 Å². The smallest absolute Gasteiger partial charge is 0.329 e. The molecule has 0 saturated carbocycles. The monoisotopic (exact) mass is 392 g/mol. The van der Waals surface area contributed by atoms with Crippen molar-refractivity contribution in [3.05, 3.63) is 35.4 Å². The molecule has 1 aliphatic rings.